The molecule has 0 bridgehead atoms. The van der Waals surface area contributed by atoms with Crippen LogP contribution in [0.5, 0.6) is 0 Å². The molecule has 2 heteroatoms. The summed E-state index contributed by atoms with van der Waals surface area (Å²) < 4.78 is 1.22. The van der Waals surface area contributed by atoms with E-state index in [0.717, 1.165) is 5.52 Å². The van der Waals surface area contributed by atoms with E-state index in [4.69, 9.17) is 0 Å². The van der Waals surface area contributed by atoms with Gasteiger partial charge in [-0.3, -0.25) is 0 Å². The Hall–Kier alpha value is -0.851. The first-order chi connectivity index (χ1) is 5.90. The third-order valence-electron chi connectivity index (χ3n) is 1.78. The molecule has 1 heterocycles. The van der Waals surface area contributed by atoms with Gasteiger partial charge in [-0.2, -0.15) is 0 Å². The maximum absolute atomic E-state index is 4.52. The van der Waals surface area contributed by atoms with E-state index in [2.05, 4.69) is 35.1 Å². The summed E-state index contributed by atoms with van der Waals surface area (Å²) in [5.41, 5.74) is 1.11. The SMILES string of the molecule is C[Se]c1ccc2ccccc2n1. The minimum absolute atomic E-state index is 0.504. The third-order valence-corrected chi connectivity index (χ3v) is 3.14. The van der Waals surface area contributed by atoms with Gasteiger partial charge in [-0.15, -0.1) is 0 Å². The van der Waals surface area contributed by atoms with Crippen LogP contribution in [0.2, 0.25) is 5.82 Å². The number of aromatic nitrogens is 1. The van der Waals surface area contributed by atoms with Gasteiger partial charge in [0.1, 0.15) is 0 Å². The summed E-state index contributed by atoms with van der Waals surface area (Å²) in [7, 11) is 0. The number of hydrogen-bond donors (Lipinski definition) is 0. The molecule has 0 unspecified atom stereocenters. The Morgan fingerprint density at radius 3 is 2.75 bits per heavy atom. The van der Waals surface area contributed by atoms with E-state index in [9.17, 15) is 0 Å². The molecule has 0 N–H and O–H groups in total. The van der Waals surface area contributed by atoms with Gasteiger partial charge in [-0.05, 0) is 0 Å². The van der Waals surface area contributed by atoms with Gasteiger partial charge in [0.05, 0.1) is 0 Å². The predicted octanol–water partition coefficient (Wildman–Crippen LogP) is 1.61. The van der Waals surface area contributed by atoms with Crippen molar-refractivity contribution in [3.05, 3.63) is 36.4 Å². The van der Waals surface area contributed by atoms with Crippen LogP contribution in [-0.2, 0) is 0 Å². The Labute approximate surface area is 78.0 Å². The van der Waals surface area contributed by atoms with Crippen LogP contribution in [0.3, 0.4) is 0 Å². The Morgan fingerprint density at radius 1 is 1.08 bits per heavy atom. The monoisotopic (exact) mass is 223 g/mol. The molecule has 1 aromatic carbocycles. The van der Waals surface area contributed by atoms with Crippen molar-refractivity contribution in [1.29, 1.82) is 0 Å². The fourth-order valence-electron chi connectivity index (χ4n) is 1.16. The van der Waals surface area contributed by atoms with E-state index >= 15 is 0 Å². The zero-order chi connectivity index (χ0) is 8.39. The molecule has 0 saturated heterocycles. The van der Waals surface area contributed by atoms with Gasteiger partial charge in [0.15, 0.2) is 0 Å². The Morgan fingerprint density at radius 2 is 1.92 bits per heavy atom. The summed E-state index contributed by atoms with van der Waals surface area (Å²) in [5, 5.41) is 1.23. The second-order valence-corrected chi connectivity index (χ2v) is 4.28. The van der Waals surface area contributed by atoms with Crippen LogP contribution in [-0.4, -0.2) is 19.9 Å². The van der Waals surface area contributed by atoms with Crippen LogP contribution in [0, 0.1) is 0 Å². The van der Waals surface area contributed by atoms with Crippen molar-refractivity contribution in [2.45, 2.75) is 5.82 Å². The standard InChI is InChI=1S/C10H9NSe/c1-12-10-7-6-8-4-2-3-5-9(8)11-10/h2-7H,1H3. The molecule has 0 aliphatic rings. The van der Waals surface area contributed by atoms with Gasteiger partial charge in [-0.1, -0.05) is 0 Å². The van der Waals surface area contributed by atoms with E-state index in [-0.39, 0.29) is 0 Å². The average molecular weight is 222 g/mol. The molecule has 0 amide bonds. The number of hydrogen-bond acceptors (Lipinski definition) is 1. The molecule has 0 spiro atoms. The number of nitrogens with zero attached hydrogens (tertiary/aromatic N) is 1. The molecule has 2 rings (SSSR count). The molecule has 0 aliphatic carbocycles. The third kappa shape index (κ3) is 1.36. The zero-order valence-electron chi connectivity index (χ0n) is 6.82. The molecule has 0 aliphatic heterocycles. The molecule has 2 aromatic rings. The molecule has 1 aromatic heterocycles. The average Bonchev–Trinajstić information content (AvgIpc) is 2.17. The van der Waals surface area contributed by atoms with Gasteiger partial charge < -0.3 is 0 Å². The molecular weight excluding hydrogens is 213 g/mol. The topological polar surface area (TPSA) is 12.9 Å². The van der Waals surface area contributed by atoms with Gasteiger partial charge in [-0.25, -0.2) is 0 Å². The summed E-state index contributed by atoms with van der Waals surface area (Å²) in [6, 6.07) is 12.5. The van der Waals surface area contributed by atoms with Crippen LogP contribution < -0.4 is 4.59 Å². The summed E-state index contributed by atoms with van der Waals surface area (Å²) >= 11 is 0.504. The molecule has 12 heavy (non-hydrogen) atoms. The Kier molecular flexibility index (Phi) is 2.11. The van der Waals surface area contributed by atoms with Gasteiger partial charge in [0.2, 0.25) is 0 Å². The second kappa shape index (κ2) is 3.26. The maximum atomic E-state index is 4.52. The van der Waals surface area contributed by atoms with Crippen LogP contribution >= 0.6 is 0 Å². The van der Waals surface area contributed by atoms with Crippen molar-refractivity contribution in [3.63, 3.8) is 0 Å². The van der Waals surface area contributed by atoms with Crippen molar-refractivity contribution in [2.24, 2.45) is 0 Å². The number of para-hydroxylation sites is 1. The van der Waals surface area contributed by atoms with Gasteiger partial charge in [0, 0.05) is 0 Å². The van der Waals surface area contributed by atoms with Crippen LogP contribution in [0.15, 0.2) is 36.4 Å². The summed E-state index contributed by atoms with van der Waals surface area (Å²) in [5.74, 6) is 2.18. The molecule has 0 saturated carbocycles. The first kappa shape index (κ1) is 7.78. The van der Waals surface area contributed by atoms with Crippen LogP contribution in [0.25, 0.3) is 10.9 Å². The number of rotatable bonds is 1. The Balaban J connectivity index is 2.67. The minimum atomic E-state index is 0.504. The molecule has 0 atom stereocenters. The number of benzene rings is 1. The van der Waals surface area contributed by atoms with E-state index in [0.29, 0.717) is 15.0 Å². The molecule has 0 radical (unpaired) electrons. The van der Waals surface area contributed by atoms with Gasteiger partial charge >= 0.3 is 77.7 Å². The van der Waals surface area contributed by atoms with Crippen molar-refractivity contribution in [1.82, 2.24) is 4.98 Å². The van der Waals surface area contributed by atoms with Crippen molar-refractivity contribution in [3.8, 4) is 0 Å². The van der Waals surface area contributed by atoms with Crippen molar-refractivity contribution < 1.29 is 0 Å². The Bertz CT molecular complexity index is 398. The van der Waals surface area contributed by atoms with Crippen LogP contribution in [0.4, 0.5) is 0 Å². The van der Waals surface area contributed by atoms with Crippen molar-refractivity contribution in [2.75, 3.05) is 0 Å². The second-order valence-electron chi connectivity index (χ2n) is 2.55. The van der Waals surface area contributed by atoms with Crippen LogP contribution in [0.1, 0.15) is 0 Å². The van der Waals surface area contributed by atoms with E-state index < -0.39 is 0 Å². The van der Waals surface area contributed by atoms with Gasteiger partial charge in [0.25, 0.3) is 0 Å². The number of fused-ring (bicyclic) bond motifs is 1. The zero-order valence-corrected chi connectivity index (χ0v) is 8.53. The van der Waals surface area contributed by atoms with E-state index in [1.54, 1.807) is 0 Å². The number of pyridine rings is 1. The fraction of sp³-hybridized carbons (Fsp3) is 0.100. The molecule has 0 fully saturated rings. The quantitative estimate of drug-likeness (QED) is 0.668. The summed E-state index contributed by atoms with van der Waals surface area (Å²) in [6.07, 6.45) is 0. The fourth-order valence-corrected chi connectivity index (χ4v) is 1.99. The normalized spacial score (nSPS) is 10.4. The van der Waals surface area contributed by atoms with Crippen molar-refractivity contribution >= 4 is 30.5 Å². The molecule has 60 valence electrons. The molecular formula is C10H9NSe. The summed E-state index contributed by atoms with van der Waals surface area (Å²) in [6.45, 7) is 0. The molecule has 1 nitrogen and oxygen atoms in total. The van der Waals surface area contributed by atoms with E-state index in [1.807, 2.05) is 12.1 Å². The first-order valence-corrected chi connectivity index (χ1v) is 6.37. The van der Waals surface area contributed by atoms with E-state index in [1.165, 1.54) is 9.98 Å². The predicted molar refractivity (Wildman–Crippen MR) is 53.0 cm³/mol. The first-order valence-electron chi connectivity index (χ1n) is 3.80. The summed E-state index contributed by atoms with van der Waals surface area (Å²) in [4.78, 5) is 4.52.